The minimum Gasteiger partial charge on any atom is -0.468 e. The lowest BCUT2D eigenvalue weighted by Gasteiger charge is -2.37. The third-order valence-electron chi connectivity index (χ3n) is 4.62. The Balaban J connectivity index is 1.49. The van der Waals surface area contributed by atoms with E-state index in [1.54, 1.807) is 13.1 Å². The fourth-order valence-corrected chi connectivity index (χ4v) is 3.26. The number of alkyl halides is 3. The highest BCUT2D eigenvalue weighted by Crippen LogP contribution is 2.21. The van der Waals surface area contributed by atoms with Gasteiger partial charge in [0.05, 0.1) is 12.7 Å². The zero-order valence-corrected chi connectivity index (χ0v) is 15.7. The molecular formula is C18H25F3N4O3. The quantitative estimate of drug-likeness (QED) is 0.600. The average molecular weight is 402 g/mol. The molecule has 0 radical (unpaired) electrons. The van der Waals surface area contributed by atoms with Gasteiger partial charge in [-0.1, -0.05) is 6.07 Å². The topological polar surface area (TPSA) is 68.2 Å². The normalized spacial score (nSPS) is 23.7. The van der Waals surface area contributed by atoms with Gasteiger partial charge in [-0.25, -0.2) is 4.98 Å². The van der Waals surface area contributed by atoms with Crippen LogP contribution >= 0.6 is 0 Å². The second-order valence-corrected chi connectivity index (χ2v) is 6.72. The van der Waals surface area contributed by atoms with Crippen LogP contribution in [0.25, 0.3) is 0 Å². The Morgan fingerprint density at radius 2 is 2.14 bits per heavy atom. The van der Waals surface area contributed by atoms with Crippen molar-refractivity contribution in [2.75, 3.05) is 40.0 Å². The molecule has 0 saturated carbocycles. The monoisotopic (exact) mass is 402 g/mol. The van der Waals surface area contributed by atoms with E-state index in [2.05, 4.69) is 24.9 Å². The lowest BCUT2D eigenvalue weighted by atomic mass is 10.1. The van der Waals surface area contributed by atoms with Crippen molar-refractivity contribution in [3.8, 4) is 5.88 Å². The summed E-state index contributed by atoms with van der Waals surface area (Å²) in [7, 11) is 1.71. The predicted octanol–water partition coefficient (Wildman–Crippen LogP) is 1.98. The number of guanidine groups is 1. The standard InChI is InChI=1S/C18H25F3N4O3/c1-22-17(25-6-8-27-15(11-25)14-3-2-7-26-14)24-10-13-4-5-16(23-9-13)28-12-18(19,20)21/h4-5,9,14-15H,2-3,6-8,10-12H2,1H3,(H,22,24). The molecule has 7 nitrogen and oxygen atoms in total. The summed E-state index contributed by atoms with van der Waals surface area (Å²) < 4.78 is 52.7. The minimum atomic E-state index is -4.38. The van der Waals surface area contributed by atoms with Crippen molar-refractivity contribution in [3.05, 3.63) is 23.9 Å². The number of pyridine rings is 1. The van der Waals surface area contributed by atoms with Crippen molar-refractivity contribution in [1.29, 1.82) is 0 Å². The van der Waals surface area contributed by atoms with E-state index in [0.29, 0.717) is 19.7 Å². The Hall–Kier alpha value is -2.07. The number of rotatable bonds is 5. The molecule has 3 heterocycles. The van der Waals surface area contributed by atoms with Gasteiger partial charge in [-0.3, -0.25) is 4.99 Å². The first-order valence-corrected chi connectivity index (χ1v) is 9.28. The molecule has 0 spiro atoms. The van der Waals surface area contributed by atoms with Gasteiger partial charge in [-0.05, 0) is 18.4 Å². The van der Waals surface area contributed by atoms with Crippen LogP contribution in [0.3, 0.4) is 0 Å². The number of morpholine rings is 1. The third-order valence-corrected chi connectivity index (χ3v) is 4.62. The maximum Gasteiger partial charge on any atom is 0.422 e. The Labute approximate surface area is 161 Å². The van der Waals surface area contributed by atoms with Crippen molar-refractivity contribution in [2.45, 2.75) is 37.8 Å². The van der Waals surface area contributed by atoms with Gasteiger partial charge in [-0.2, -0.15) is 13.2 Å². The Morgan fingerprint density at radius 3 is 2.79 bits per heavy atom. The van der Waals surface area contributed by atoms with Crippen molar-refractivity contribution < 1.29 is 27.4 Å². The van der Waals surface area contributed by atoms with Gasteiger partial charge < -0.3 is 24.4 Å². The van der Waals surface area contributed by atoms with Crippen LogP contribution in [-0.4, -0.2) is 74.2 Å². The Morgan fingerprint density at radius 1 is 1.32 bits per heavy atom. The fourth-order valence-electron chi connectivity index (χ4n) is 3.26. The van der Waals surface area contributed by atoms with Gasteiger partial charge in [0.15, 0.2) is 12.6 Å². The number of hydrogen-bond donors (Lipinski definition) is 1. The molecule has 10 heteroatoms. The average Bonchev–Trinajstić information content (AvgIpc) is 3.22. The number of hydrogen-bond acceptors (Lipinski definition) is 5. The molecule has 1 aromatic heterocycles. The molecule has 28 heavy (non-hydrogen) atoms. The molecule has 3 rings (SSSR count). The van der Waals surface area contributed by atoms with E-state index in [-0.39, 0.29) is 18.1 Å². The molecule has 2 unspecified atom stereocenters. The van der Waals surface area contributed by atoms with Crippen LogP contribution in [0.4, 0.5) is 13.2 Å². The first kappa shape index (κ1) is 20.7. The highest BCUT2D eigenvalue weighted by Gasteiger charge is 2.32. The summed E-state index contributed by atoms with van der Waals surface area (Å²) in [5, 5.41) is 3.26. The van der Waals surface area contributed by atoms with E-state index in [1.807, 2.05) is 0 Å². The van der Waals surface area contributed by atoms with Crippen LogP contribution in [0.5, 0.6) is 5.88 Å². The van der Waals surface area contributed by atoms with Gasteiger partial charge in [0, 0.05) is 45.6 Å². The number of aromatic nitrogens is 1. The number of nitrogens with zero attached hydrogens (tertiary/aromatic N) is 3. The molecule has 2 aliphatic rings. The molecular weight excluding hydrogens is 377 g/mol. The number of halogens is 3. The first-order chi connectivity index (χ1) is 13.4. The lowest BCUT2D eigenvalue weighted by molar-refractivity contribution is -0.154. The molecule has 156 valence electrons. The van der Waals surface area contributed by atoms with E-state index in [0.717, 1.165) is 37.5 Å². The van der Waals surface area contributed by atoms with Crippen LogP contribution in [0.1, 0.15) is 18.4 Å². The highest BCUT2D eigenvalue weighted by molar-refractivity contribution is 5.80. The van der Waals surface area contributed by atoms with E-state index >= 15 is 0 Å². The van der Waals surface area contributed by atoms with Crippen molar-refractivity contribution in [2.24, 2.45) is 4.99 Å². The summed E-state index contributed by atoms with van der Waals surface area (Å²) in [5.41, 5.74) is 0.810. The summed E-state index contributed by atoms with van der Waals surface area (Å²) in [4.78, 5) is 10.4. The molecule has 0 aliphatic carbocycles. The molecule has 2 fully saturated rings. The van der Waals surface area contributed by atoms with Gasteiger partial charge in [-0.15, -0.1) is 0 Å². The first-order valence-electron chi connectivity index (χ1n) is 9.28. The van der Waals surface area contributed by atoms with E-state index < -0.39 is 12.8 Å². The second kappa shape index (κ2) is 9.42. The number of aliphatic imine (C=N–C) groups is 1. The number of ether oxygens (including phenoxy) is 3. The van der Waals surface area contributed by atoms with E-state index in [9.17, 15) is 13.2 Å². The summed E-state index contributed by atoms with van der Waals surface area (Å²) in [6, 6.07) is 3.10. The largest absolute Gasteiger partial charge is 0.468 e. The van der Waals surface area contributed by atoms with E-state index in [4.69, 9.17) is 9.47 Å². The fraction of sp³-hybridized carbons (Fsp3) is 0.667. The molecule has 0 bridgehead atoms. The van der Waals surface area contributed by atoms with Crippen LogP contribution in [0.2, 0.25) is 0 Å². The minimum absolute atomic E-state index is 0.0292. The number of nitrogens with one attached hydrogen (secondary N) is 1. The summed E-state index contributed by atoms with van der Waals surface area (Å²) in [6.45, 7) is 1.91. The Kier molecular flexibility index (Phi) is 6.95. The van der Waals surface area contributed by atoms with Crippen LogP contribution in [0.15, 0.2) is 23.3 Å². The van der Waals surface area contributed by atoms with Crippen LogP contribution in [-0.2, 0) is 16.0 Å². The van der Waals surface area contributed by atoms with Crippen molar-refractivity contribution in [1.82, 2.24) is 15.2 Å². The van der Waals surface area contributed by atoms with Crippen molar-refractivity contribution in [3.63, 3.8) is 0 Å². The van der Waals surface area contributed by atoms with Crippen molar-refractivity contribution >= 4 is 5.96 Å². The van der Waals surface area contributed by atoms with Gasteiger partial charge >= 0.3 is 6.18 Å². The SMILES string of the molecule is CN=C(NCc1ccc(OCC(F)(F)F)nc1)N1CCOC(C2CCCO2)C1. The van der Waals surface area contributed by atoms with Crippen LogP contribution < -0.4 is 10.1 Å². The van der Waals surface area contributed by atoms with Gasteiger partial charge in [0.25, 0.3) is 0 Å². The zero-order valence-electron chi connectivity index (χ0n) is 15.7. The highest BCUT2D eigenvalue weighted by atomic mass is 19.4. The summed E-state index contributed by atoms with van der Waals surface area (Å²) >= 11 is 0. The van der Waals surface area contributed by atoms with E-state index in [1.165, 1.54) is 12.3 Å². The molecule has 0 aromatic carbocycles. The third kappa shape index (κ3) is 5.96. The maximum atomic E-state index is 12.2. The molecule has 1 aromatic rings. The smallest absolute Gasteiger partial charge is 0.422 e. The Bertz CT molecular complexity index is 648. The molecule has 1 N–H and O–H groups in total. The molecule has 2 saturated heterocycles. The lowest BCUT2D eigenvalue weighted by Crippen LogP contribution is -2.53. The van der Waals surface area contributed by atoms with Gasteiger partial charge in [0.2, 0.25) is 5.88 Å². The summed E-state index contributed by atoms with van der Waals surface area (Å²) in [5.74, 6) is 0.682. The maximum absolute atomic E-state index is 12.2. The molecule has 2 atom stereocenters. The summed E-state index contributed by atoms with van der Waals surface area (Å²) in [6.07, 6.45) is -0.656. The van der Waals surface area contributed by atoms with Gasteiger partial charge in [0.1, 0.15) is 6.10 Å². The zero-order chi connectivity index (χ0) is 20.0. The predicted molar refractivity (Wildman–Crippen MR) is 96.3 cm³/mol. The molecule has 2 aliphatic heterocycles. The molecule has 0 amide bonds. The second-order valence-electron chi connectivity index (χ2n) is 6.72. The van der Waals surface area contributed by atoms with Crippen LogP contribution in [0, 0.1) is 0 Å².